The van der Waals surface area contributed by atoms with Crippen molar-refractivity contribution in [1.82, 2.24) is 9.97 Å². The van der Waals surface area contributed by atoms with Crippen LogP contribution in [0.5, 0.6) is 5.75 Å². The van der Waals surface area contributed by atoms with E-state index in [9.17, 15) is 4.79 Å². The van der Waals surface area contributed by atoms with E-state index in [0.29, 0.717) is 0 Å². The molecule has 2 heterocycles. The minimum Gasteiger partial charge on any atom is -0.493 e. The summed E-state index contributed by atoms with van der Waals surface area (Å²) < 4.78 is 5.51. The molecule has 21 heavy (non-hydrogen) atoms. The quantitative estimate of drug-likeness (QED) is 0.690. The molecule has 0 saturated carbocycles. The lowest BCUT2D eigenvalue weighted by Crippen LogP contribution is -2.00. The lowest BCUT2D eigenvalue weighted by Gasteiger charge is -2.08. The fraction of sp³-hybridized carbons (Fsp3) is 0.188. The summed E-state index contributed by atoms with van der Waals surface area (Å²) >= 11 is 0. The number of aromatic nitrogens is 2. The minimum atomic E-state index is -0.180. The van der Waals surface area contributed by atoms with Crippen molar-refractivity contribution in [3.05, 3.63) is 58.0 Å². The average molecular weight is 281 g/mol. The number of aromatic amines is 2. The number of fused-ring (bicyclic) bond motifs is 2. The van der Waals surface area contributed by atoms with Crippen molar-refractivity contribution in [1.29, 1.82) is 0 Å². The Morgan fingerprint density at radius 3 is 2.95 bits per heavy atom. The smallest absolute Gasteiger partial charge is 0.323 e. The highest BCUT2D eigenvalue weighted by Crippen LogP contribution is 2.26. The van der Waals surface area contributed by atoms with Gasteiger partial charge in [0, 0.05) is 18.7 Å². The second-order valence-corrected chi connectivity index (χ2v) is 5.23. The monoisotopic (exact) mass is 281 g/mol. The highest BCUT2D eigenvalue weighted by molar-refractivity contribution is 5.78. The highest BCUT2D eigenvalue weighted by atomic mass is 16.5. The van der Waals surface area contributed by atoms with Gasteiger partial charge in [0.25, 0.3) is 0 Å². The first-order chi connectivity index (χ1) is 10.3. The fourth-order valence-electron chi connectivity index (χ4n) is 2.70. The molecule has 0 fully saturated rings. The molecule has 1 aliphatic heterocycles. The molecular formula is C16H15N3O2. The van der Waals surface area contributed by atoms with Crippen molar-refractivity contribution in [3.8, 4) is 5.75 Å². The summed E-state index contributed by atoms with van der Waals surface area (Å²) in [6, 6.07) is 12.1. The number of H-pyrrole nitrogens is 2. The lowest BCUT2D eigenvalue weighted by molar-refractivity contribution is 0.357. The zero-order valence-electron chi connectivity index (χ0n) is 11.4. The van der Waals surface area contributed by atoms with Gasteiger partial charge < -0.3 is 20.0 Å². The standard InChI is InChI=1S/C16H15N3O2/c20-16-18-13-3-2-12(8-14(13)19-16)17-9-10-1-4-15-11(7-10)5-6-21-15/h1-4,7-8,17H,5-6,9H2,(H2,18,19,20). The molecule has 3 aromatic rings. The Labute approximate surface area is 121 Å². The predicted molar refractivity (Wildman–Crippen MR) is 81.9 cm³/mol. The van der Waals surface area contributed by atoms with E-state index in [-0.39, 0.29) is 5.69 Å². The number of rotatable bonds is 3. The van der Waals surface area contributed by atoms with E-state index in [4.69, 9.17) is 4.74 Å². The van der Waals surface area contributed by atoms with E-state index < -0.39 is 0 Å². The van der Waals surface area contributed by atoms with E-state index in [2.05, 4.69) is 27.4 Å². The first kappa shape index (κ1) is 12.1. The molecule has 1 aromatic heterocycles. The molecular weight excluding hydrogens is 266 g/mol. The Balaban J connectivity index is 1.53. The van der Waals surface area contributed by atoms with Crippen LogP contribution in [0, 0.1) is 0 Å². The second kappa shape index (κ2) is 4.70. The highest BCUT2D eigenvalue weighted by Gasteiger charge is 2.11. The Kier molecular flexibility index (Phi) is 2.70. The molecule has 106 valence electrons. The molecule has 5 nitrogen and oxygen atoms in total. The first-order valence-electron chi connectivity index (χ1n) is 6.98. The van der Waals surface area contributed by atoms with Gasteiger partial charge in [-0.15, -0.1) is 0 Å². The van der Waals surface area contributed by atoms with Gasteiger partial charge in [0.05, 0.1) is 17.6 Å². The molecule has 0 radical (unpaired) electrons. The molecule has 0 spiro atoms. The molecule has 0 aliphatic carbocycles. The molecule has 4 rings (SSSR count). The van der Waals surface area contributed by atoms with E-state index >= 15 is 0 Å². The summed E-state index contributed by atoms with van der Waals surface area (Å²) in [5.41, 5.74) is 4.93. The van der Waals surface area contributed by atoms with E-state index in [1.807, 2.05) is 24.3 Å². The summed E-state index contributed by atoms with van der Waals surface area (Å²) in [7, 11) is 0. The van der Waals surface area contributed by atoms with E-state index in [1.54, 1.807) is 0 Å². The Morgan fingerprint density at radius 1 is 1.10 bits per heavy atom. The van der Waals surface area contributed by atoms with Gasteiger partial charge in [0.15, 0.2) is 0 Å². The maximum absolute atomic E-state index is 11.2. The predicted octanol–water partition coefficient (Wildman–Crippen LogP) is 2.40. The Bertz CT molecular complexity index is 863. The van der Waals surface area contributed by atoms with Crippen LogP contribution < -0.4 is 15.7 Å². The van der Waals surface area contributed by atoms with Gasteiger partial charge >= 0.3 is 5.69 Å². The molecule has 5 heteroatoms. The number of imidazole rings is 1. The van der Waals surface area contributed by atoms with Crippen LogP contribution in [0.4, 0.5) is 5.69 Å². The summed E-state index contributed by atoms with van der Waals surface area (Å²) in [5.74, 6) is 1.00. The van der Waals surface area contributed by atoms with E-state index in [0.717, 1.165) is 42.0 Å². The van der Waals surface area contributed by atoms with Crippen LogP contribution in [-0.2, 0) is 13.0 Å². The number of hydrogen-bond acceptors (Lipinski definition) is 3. The van der Waals surface area contributed by atoms with Crippen LogP contribution in [0.3, 0.4) is 0 Å². The van der Waals surface area contributed by atoms with Crippen LogP contribution >= 0.6 is 0 Å². The Morgan fingerprint density at radius 2 is 2.00 bits per heavy atom. The number of anilines is 1. The maximum atomic E-state index is 11.2. The number of nitrogens with one attached hydrogen (secondary N) is 3. The van der Waals surface area contributed by atoms with Gasteiger partial charge in [-0.1, -0.05) is 12.1 Å². The average Bonchev–Trinajstić information content (AvgIpc) is 3.08. The van der Waals surface area contributed by atoms with Gasteiger partial charge in [-0.25, -0.2) is 4.79 Å². The van der Waals surface area contributed by atoms with Gasteiger partial charge in [-0.05, 0) is 35.4 Å². The molecule has 0 unspecified atom stereocenters. The van der Waals surface area contributed by atoms with Crippen LogP contribution in [-0.4, -0.2) is 16.6 Å². The molecule has 0 bridgehead atoms. The molecule has 0 atom stereocenters. The van der Waals surface area contributed by atoms with Crippen LogP contribution in [0.15, 0.2) is 41.2 Å². The second-order valence-electron chi connectivity index (χ2n) is 5.23. The third kappa shape index (κ3) is 2.27. The third-order valence-corrected chi connectivity index (χ3v) is 3.77. The van der Waals surface area contributed by atoms with Gasteiger partial charge in [-0.3, -0.25) is 0 Å². The van der Waals surface area contributed by atoms with Crippen molar-refractivity contribution in [2.24, 2.45) is 0 Å². The molecule has 2 aromatic carbocycles. The Hall–Kier alpha value is -2.69. The van der Waals surface area contributed by atoms with Gasteiger partial charge in [0.2, 0.25) is 0 Å². The van der Waals surface area contributed by atoms with Crippen LogP contribution in [0.2, 0.25) is 0 Å². The van der Waals surface area contributed by atoms with Crippen molar-refractivity contribution in [3.63, 3.8) is 0 Å². The minimum absolute atomic E-state index is 0.180. The van der Waals surface area contributed by atoms with Gasteiger partial charge in [0.1, 0.15) is 5.75 Å². The molecule has 0 amide bonds. The largest absolute Gasteiger partial charge is 0.493 e. The number of hydrogen-bond donors (Lipinski definition) is 3. The topological polar surface area (TPSA) is 69.9 Å². The van der Waals surface area contributed by atoms with Crippen molar-refractivity contribution < 1.29 is 4.74 Å². The summed E-state index contributed by atoms with van der Waals surface area (Å²) in [5, 5.41) is 3.38. The zero-order valence-corrected chi connectivity index (χ0v) is 11.4. The summed E-state index contributed by atoms with van der Waals surface area (Å²) in [4.78, 5) is 16.7. The molecule has 0 saturated heterocycles. The maximum Gasteiger partial charge on any atom is 0.323 e. The zero-order chi connectivity index (χ0) is 14.2. The van der Waals surface area contributed by atoms with Crippen LogP contribution in [0.1, 0.15) is 11.1 Å². The number of ether oxygens (including phenoxy) is 1. The lowest BCUT2D eigenvalue weighted by atomic mass is 10.1. The summed E-state index contributed by atoms with van der Waals surface area (Å²) in [6.07, 6.45) is 0.986. The third-order valence-electron chi connectivity index (χ3n) is 3.77. The van der Waals surface area contributed by atoms with Crippen molar-refractivity contribution in [2.45, 2.75) is 13.0 Å². The van der Waals surface area contributed by atoms with Gasteiger partial charge in [-0.2, -0.15) is 0 Å². The SMILES string of the molecule is O=c1[nH]c2ccc(NCc3ccc4c(c3)CCO4)cc2[nH]1. The van der Waals surface area contributed by atoms with Crippen molar-refractivity contribution in [2.75, 3.05) is 11.9 Å². The molecule has 3 N–H and O–H groups in total. The van der Waals surface area contributed by atoms with Crippen molar-refractivity contribution >= 4 is 16.7 Å². The molecule has 1 aliphatic rings. The number of benzene rings is 2. The first-order valence-corrected chi connectivity index (χ1v) is 6.98. The normalized spacial score (nSPS) is 13.1. The summed E-state index contributed by atoms with van der Waals surface area (Å²) in [6.45, 7) is 1.52. The van der Waals surface area contributed by atoms with E-state index in [1.165, 1.54) is 11.1 Å². The van der Waals surface area contributed by atoms with Crippen LogP contribution in [0.25, 0.3) is 11.0 Å². The fourth-order valence-corrected chi connectivity index (χ4v) is 2.70.